The number of nitrogens with one attached hydrogen (secondary N) is 2. The minimum absolute atomic E-state index is 0.0490. The third-order valence-corrected chi connectivity index (χ3v) is 6.70. The molecule has 4 N–H and O–H groups in total. The van der Waals surface area contributed by atoms with Crippen molar-refractivity contribution in [3.63, 3.8) is 0 Å². The number of hydrogen-bond donors (Lipinski definition) is 3. The zero-order chi connectivity index (χ0) is 26.2. The normalized spacial score (nSPS) is 15.4. The molecule has 0 bridgehead atoms. The molecular formula is C27H24F2N8O. The predicted molar refractivity (Wildman–Crippen MR) is 141 cm³/mol. The fraction of sp³-hybridized carbons (Fsp3) is 0.185. The maximum atomic E-state index is 13.2. The number of benzene rings is 2. The Morgan fingerprint density at radius 3 is 2.55 bits per heavy atom. The topological polar surface area (TPSA) is 116 Å². The summed E-state index contributed by atoms with van der Waals surface area (Å²) in [5.74, 6) is 0.0535. The Kier molecular flexibility index (Phi) is 6.04. The van der Waals surface area contributed by atoms with E-state index in [0.717, 1.165) is 18.5 Å². The minimum Gasteiger partial charge on any atom is -0.383 e. The van der Waals surface area contributed by atoms with Crippen molar-refractivity contribution in [2.75, 3.05) is 24.1 Å². The summed E-state index contributed by atoms with van der Waals surface area (Å²) in [6, 6.07) is 16.4. The number of fused-ring (bicyclic) bond motifs is 1. The number of aromatic nitrogens is 5. The number of nitrogens with zero attached hydrogens (tertiary/aromatic N) is 5. The maximum Gasteiger partial charge on any atom is 0.333 e. The summed E-state index contributed by atoms with van der Waals surface area (Å²) in [5.41, 5.74) is 10.8. The van der Waals surface area contributed by atoms with E-state index in [9.17, 15) is 13.6 Å². The Morgan fingerprint density at radius 1 is 1.08 bits per heavy atom. The molecular weight excluding hydrogens is 490 g/mol. The third kappa shape index (κ3) is 4.26. The van der Waals surface area contributed by atoms with Crippen LogP contribution in [0.5, 0.6) is 0 Å². The first-order valence-corrected chi connectivity index (χ1v) is 12.2. The lowest BCUT2D eigenvalue weighted by Gasteiger charge is -2.13. The molecule has 4 heterocycles. The number of alkyl halides is 2. The van der Waals surface area contributed by atoms with E-state index < -0.39 is 6.55 Å². The summed E-state index contributed by atoms with van der Waals surface area (Å²) in [6.45, 7) is -1.20. The molecule has 6 rings (SSSR count). The van der Waals surface area contributed by atoms with Crippen LogP contribution in [0.4, 0.5) is 20.3 Å². The van der Waals surface area contributed by atoms with Gasteiger partial charge in [0.25, 0.3) is 5.91 Å². The number of anilines is 2. The Hall–Kier alpha value is -4.64. The Bertz CT molecular complexity index is 1610. The fourth-order valence-corrected chi connectivity index (χ4v) is 4.81. The van der Waals surface area contributed by atoms with Crippen molar-refractivity contribution in [2.45, 2.75) is 19.0 Å². The van der Waals surface area contributed by atoms with Gasteiger partial charge in [-0.3, -0.25) is 9.48 Å². The van der Waals surface area contributed by atoms with Gasteiger partial charge in [-0.1, -0.05) is 30.3 Å². The first-order valence-electron chi connectivity index (χ1n) is 12.2. The maximum absolute atomic E-state index is 13.2. The summed E-state index contributed by atoms with van der Waals surface area (Å²) in [7, 11) is 0. The number of carbonyl (C=O) groups is 1. The van der Waals surface area contributed by atoms with Gasteiger partial charge in [-0.15, -0.1) is 0 Å². The zero-order valence-electron chi connectivity index (χ0n) is 20.2. The number of hydrogen-bond acceptors (Lipinski definition) is 6. The second-order valence-electron chi connectivity index (χ2n) is 9.10. The van der Waals surface area contributed by atoms with Crippen LogP contribution in [0.15, 0.2) is 73.2 Å². The molecule has 1 atom stereocenters. The molecule has 1 fully saturated rings. The van der Waals surface area contributed by atoms with Gasteiger partial charge in [0.05, 0.1) is 23.1 Å². The lowest BCUT2D eigenvalue weighted by Crippen LogP contribution is -2.15. The first kappa shape index (κ1) is 23.7. The van der Waals surface area contributed by atoms with Crippen LogP contribution in [0.2, 0.25) is 0 Å². The van der Waals surface area contributed by atoms with E-state index in [1.165, 1.54) is 12.4 Å². The quantitative estimate of drug-likeness (QED) is 0.302. The molecule has 38 heavy (non-hydrogen) atoms. The lowest BCUT2D eigenvalue weighted by molar-refractivity contribution is 0.0566. The van der Waals surface area contributed by atoms with Crippen molar-refractivity contribution < 1.29 is 13.6 Å². The Balaban J connectivity index is 1.44. The summed E-state index contributed by atoms with van der Waals surface area (Å²) >= 11 is 0. The van der Waals surface area contributed by atoms with Gasteiger partial charge in [0.1, 0.15) is 11.5 Å². The van der Waals surface area contributed by atoms with Gasteiger partial charge in [-0.05, 0) is 37.2 Å². The zero-order valence-corrected chi connectivity index (χ0v) is 20.2. The van der Waals surface area contributed by atoms with Gasteiger partial charge in [-0.25, -0.2) is 9.67 Å². The smallest absolute Gasteiger partial charge is 0.333 e. The van der Waals surface area contributed by atoms with Crippen molar-refractivity contribution in [3.8, 4) is 22.4 Å². The number of rotatable bonds is 6. The van der Waals surface area contributed by atoms with Gasteiger partial charge < -0.3 is 16.4 Å². The van der Waals surface area contributed by atoms with Crippen LogP contribution in [0.25, 0.3) is 33.3 Å². The van der Waals surface area contributed by atoms with Crippen LogP contribution in [-0.2, 0) is 0 Å². The molecule has 1 aliphatic rings. The largest absolute Gasteiger partial charge is 0.383 e. The van der Waals surface area contributed by atoms with E-state index in [4.69, 9.17) is 10.8 Å². The Morgan fingerprint density at radius 2 is 1.87 bits per heavy atom. The monoisotopic (exact) mass is 514 g/mol. The molecule has 0 radical (unpaired) electrons. The van der Waals surface area contributed by atoms with Crippen LogP contribution >= 0.6 is 0 Å². The molecule has 0 spiro atoms. The standard InChI is InChI=1S/C27H24F2N8O/c28-27(29)36-15-18(12-33-36)21-14-32-25(30)22-23(35-37(24(21)22)20-10-11-31-13-20)16-6-8-17(9-7-16)26(38)34-19-4-2-1-3-5-19/h1-9,12,14-15,20,27,31H,10-11,13H2,(H2,30,32)(H,34,38)/t20-/m0/s1. The van der Waals surface area contributed by atoms with Gasteiger partial charge >= 0.3 is 6.55 Å². The molecule has 192 valence electrons. The minimum atomic E-state index is -2.75. The molecule has 0 unspecified atom stereocenters. The molecule has 9 nitrogen and oxygen atoms in total. The van der Waals surface area contributed by atoms with Gasteiger partial charge in [0.2, 0.25) is 0 Å². The molecule has 0 saturated carbocycles. The molecule has 2 aromatic carbocycles. The summed E-state index contributed by atoms with van der Waals surface area (Å²) in [4.78, 5) is 17.1. The van der Waals surface area contributed by atoms with Crippen LogP contribution in [0.1, 0.15) is 29.4 Å². The van der Waals surface area contributed by atoms with Crippen LogP contribution in [-0.4, -0.2) is 43.5 Å². The van der Waals surface area contributed by atoms with Crippen molar-refractivity contribution in [2.24, 2.45) is 0 Å². The first-order chi connectivity index (χ1) is 18.5. The van der Waals surface area contributed by atoms with Crippen LogP contribution < -0.4 is 16.4 Å². The fourth-order valence-electron chi connectivity index (χ4n) is 4.81. The SMILES string of the molecule is Nc1ncc(-c2cnn(C(F)F)c2)c2c1c(-c1ccc(C(=O)Nc3ccccc3)cc1)nn2[C@H]1CCNC1. The number of para-hydroxylation sites is 1. The van der Waals surface area contributed by atoms with Crippen molar-refractivity contribution >= 4 is 28.3 Å². The number of amides is 1. The summed E-state index contributed by atoms with van der Waals surface area (Å²) in [5, 5.41) is 15.6. The van der Waals surface area contributed by atoms with E-state index in [1.807, 2.05) is 47.1 Å². The average Bonchev–Trinajstić information content (AvgIpc) is 3.70. The van der Waals surface area contributed by atoms with Crippen molar-refractivity contribution in [3.05, 3.63) is 78.8 Å². The average molecular weight is 515 g/mol. The molecule has 1 aliphatic heterocycles. The number of nitrogen functional groups attached to an aromatic ring is 1. The highest BCUT2D eigenvalue weighted by molar-refractivity contribution is 6.07. The highest BCUT2D eigenvalue weighted by atomic mass is 19.3. The number of carbonyl (C=O) groups excluding carboxylic acids is 1. The van der Waals surface area contributed by atoms with E-state index in [0.29, 0.717) is 50.2 Å². The van der Waals surface area contributed by atoms with Crippen molar-refractivity contribution in [1.29, 1.82) is 0 Å². The summed E-state index contributed by atoms with van der Waals surface area (Å²) in [6.07, 6.45) is 5.11. The van der Waals surface area contributed by atoms with Crippen LogP contribution in [0, 0.1) is 0 Å². The lowest BCUT2D eigenvalue weighted by atomic mass is 10.0. The Labute approximate surface area is 216 Å². The number of nitrogens with two attached hydrogens (primary N) is 1. The van der Waals surface area contributed by atoms with E-state index in [-0.39, 0.29) is 17.8 Å². The van der Waals surface area contributed by atoms with Gasteiger partial charge in [0.15, 0.2) is 0 Å². The predicted octanol–water partition coefficient (Wildman–Crippen LogP) is 4.73. The second-order valence-corrected chi connectivity index (χ2v) is 9.10. The van der Waals surface area contributed by atoms with Gasteiger partial charge in [0, 0.05) is 46.9 Å². The molecule has 1 amide bonds. The van der Waals surface area contributed by atoms with Crippen LogP contribution in [0.3, 0.4) is 0 Å². The summed E-state index contributed by atoms with van der Waals surface area (Å²) < 4.78 is 29.0. The molecule has 11 heteroatoms. The second kappa shape index (κ2) is 9.67. The van der Waals surface area contributed by atoms with E-state index in [1.54, 1.807) is 18.3 Å². The van der Waals surface area contributed by atoms with Crippen molar-refractivity contribution in [1.82, 2.24) is 29.9 Å². The molecule has 1 saturated heterocycles. The van der Waals surface area contributed by atoms with E-state index in [2.05, 4.69) is 20.7 Å². The molecule has 3 aromatic heterocycles. The molecule has 5 aromatic rings. The highest BCUT2D eigenvalue weighted by Gasteiger charge is 2.27. The van der Waals surface area contributed by atoms with Gasteiger partial charge in [-0.2, -0.15) is 19.0 Å². The third-order valence-electron chi connectivity index (χ3n) is 6.70. The number of halogens is 2. The highest BCUT2D eigenvalue weighted by Crippen LogP contribution is 2.39. The number of pyridine rings is 1. The molecule has 0 aliphatic carbocycles. The van der Waals surface area contributed by atoms with E-state index >= 15 is 0 Å².